The highest BCUT2D eigenvalue weighted by atomic mass is 35.5. The van der Waals surface area contributed by atoms with Crippen molar-refractivity contribution >= 4 is 35.1 Å². The van der Waals surface area contributed by atoms with Crippen molar-refractivity contribution in [3.63, 3.8) is 0 Å². The van der Waals surface area contributed by atoms with Crippen molar-refractivity contribution in [2.75, 3.05) is 11.9 Å². The van der Waals surface area contributed by atoms with Crippen LogP contribution in [0.2, 0.25) is 5.02 Å². The van der Waals surface area contributed by atoms with Gasteiger partial charge in [-0.1, -0.05) is 49.7 Å². The normalized spacial score (nSPS) is 18.9. The summed E-state index contributed by atoms with van der Waals surface area (Å²) in [5.74, 6) is -0.880. The molecule has 1 fully saturated rings. The molecule has 28 heavy (non-hydrogen) atoms. The highest BCUT2D eigenvalue weighted by Gasteiger charge is 2.51. The fourth-order valence-corrected chi connectivity index (χ4v) is 3.44. The number of carbonyl (C=O) groups is 3. The first-order valence-electron chi connectivity index (χ1n) is 9.18. The molecule has 0 saturated carbocycles. The van der Waals surface area contributed by atoms with Gasteiger partial charge in [-0.15, -0.1) is 0 Å². The third-order valence-corrected chi connectivity index (χ3v) is 5.24. The Balaban J connectivity index is 1.75. The molecule has 7 heteroatoms. The van der Waals surface area contributed by atoms with E-state index in [4.69, 9.17) is 11.6 Å². The van der Waals surface area contributed by atoms with Crippen LogP contribution in [0.5, 0.6) is 0 Å². The second-order valence-corrected chi connectivity index (χ2v) is 7.12. The average molecular weight is 400 g/mol. The van der Waals surface area contributed by atoms with E-state index < -0.39 is 23.4 Å². The predicted molar refractivity (Wildman–Crippen MR) is 108 cm³/mol. The number of anilines is 1. The van der Waals surface area contributed by atoms with Crippen molar-refractivity contribution in [1.29, 1.82) is 0 Å². The van der Waals surface area contributed by atoms with Crippen LogP contribution < -0.4 is 10.6 Å². The highest BCUT2D eigenvalue weighted by molar-refractivity contribution is 6.30. The van der Waals surface area contributed by atoms with Crippen molar-refractivity contribution in [1.82, 2.24) is 10.2 Å². The lowest BCUT2D eigenvalue weighted by Gasteiger charge is -2.25. The van der Waals surface area contributed by atoms with Crippen LogP contribution in [0.1, 0.15) is 31.4 Å². The summed E-state index contributed by atoms with van der Waals surface area (Å²) < 4.78 is 0. The van der Waals surface area contributed by atoms with Gasteiger partial charge in [0.15, 0.2) is 0 Å². The van der Waals surface area contributed by atoms with Crippen LogP contribution in [0, 0.1) is 0 Å². The molecule has 4 amide bonds. The van der Waals surface area contributed by atoms with E-state index in [-0.39, 0.29) is 6.54 Å². The first-order chi connectivity index (χ1) is 13.4. The number of benzene rings is 2. The molecule has 0 spiro atoms. The van der Waals surface area contributed by atoms with Crippen LogP contribution in [-0.4, -0.2) is 29.3 Å². The van der Waals surface area contributed by atoms with Gasteiger partial charge in [0, 0.05) is 10.7 Å². The Morgan fingerprint density at radius 1 is 1.07 bits per heavy atom. The monoisotopic (exact) mass is 399 g/mol. The fourth-order valence-electron chi connectivity index (χ4n) is 3.31. The van der Waals surface area contributed by atoms with Crippen molar-refractivity contribution < 1.29 is 14.4 Å². The number of imide groups is 1. The summed E-state index contributed by atoms with van der Waals surface area (Å²) in [7, 11) is 0. The first-order valence-corrected chi connectivity index (χ1v) is 9.56. The topological polar surface area (TPSA) is 78.5 Å². The maximum Gasteiger partial charge on any atom is 0.325 e. The maximum absolute atomic E-state index is 13.1. The van der Waals surface area contributed by atoms with Crippen LogP contribution in [0.3, 0.4) is 0 Å². The van der Waals surface area contributed by atoms with Crippen LogP contribution in [-0.2, 0) is 21.5 Å². The minimum absolute atomic E-state index is 0.352. The van der Waals surface area contributed by atoms with Gasteiger partial charge in [-0.25, -0.2) is 4.79 Å². The van der Waals surface area contributed by atoms with E-state index in [0.29, 0.717) is 22.7 Å². The number of carbonyl (C=O) groups excluding carboxylic acids is 3. The van der Waals surface area contributed by atoms with Gasteiger partial charge in [-0.3, -0.25) is 14.5 Å². The van der Waals surface area contributed by atoms with Gasteiger partial charge in [0.2, 0.25) is 5.91 Å². The number of urea groups is 1. The van der Waals surface area contributed by atoms with Crippen molar-refractivity contribution in [2.24, 2.45) is 0 Å². The number of amides is 4. The van der Waals surface area contributed by atoms with Crippen LogP contribution in [0.25, 0.3) is 0 Å². The smallest absolute Gasteiger partial charge is 0.325 e. The molecule has 1 heterocycles. The Hall–Kier alpha value is -2.86. The van der Waals surface area contributed by atoms with Gasteiger partial charge in [-0.2, -0.15) is 0 Å². The lowest BCUT2D eigenvalue weighted by atomic mass is 9.87. The second kappa shape index (κ2) is 8.02. The lowest BCUT2D eigenvalue weighted by Crippen LogP contribution is -2.44. The SMILES string of the molecule is CCc1ccc(NC(=O)CN2C(=O)N[C@](CC)(c3ccc(Cl)cc3)C2=O)cc1. The zero-order valence-corrected chi connectivity index (χ0v) is 16.5. The molecular formula is C21H22ClN3O3. The summed E-state index contributed by atoms with van der Waals surface area (Å²) >= 11 is 5.93. The van der Waals surface area contributed by atoms with E-state index in [1.54, 1.807) is 36.4 Å². The highest BCUT2D eigenvalue weighted by Crippen LogP contribution is 2.33. The lowest BCUT2D eigenvalue weighted by molar-refractivity contribution is -0.134. The quantitative estimate of drug-likeness (QED) is 0.727. The van der Waals surface area contributed by atoms with Gasteiger partial charge in [-0.05, 0) is 48.2 Å². The number of hydrogen-bond acceptors (Lipinski definition) is 3. The molecule has 3 rings (SSSR count). The molecule has 0 unspecified atom stereocenters. The summed E-state index contributed by atoms with van der Waals surface area (Å²) in [6.45, 7) is 3.51. The Morgan fingerprint density at radius 2 is 1.71 bits per heavy atom. The van der Waals surface area contributed by atoms with E-state index >= 15 is 0 Å². The van der Waals surface area contributed by atoms with Gasteiger partial charge < -0.3 is 10.6 Å². The van der Waals surface area contributed by atoms with E-state index in [1.165, 1.54) is 0 Å². The van der Waals surface area contributed by atoms with E-state index in [9.17, 15) is 14.4 Å². The van der Waals surface area contributed by atoms with Crippen molar-refractivity contribution in [3.8, 4) is 0 Å². The molecule has 1 aliphatic rings. The largest absolute Gasteiger partial charge is 0.325 e. The third-order valence-electron chi connectivity index (χ3n) is 4.99. The van der Waals surface area contributed by atoms with Gasteiger partial charge in [0.1, 0.15) is 12.1 Å². The van der Waals surface area contributed by atoms with Crippen LogP contribution in [0.15, 0.2) is 48.5 Å². The molecule has 0 bridgehead atoms. The maximum atomic E-state index is 13.1. The molecule has 2 aromatic rings. The molecule has 0 aliphatic carbocycles. The number of hydrogen-bond donors (Lipinski definition) is 2. The Labute approximate surface area is 168 Å². The zero-order valence-electron chi connectivity index (χ0n) is 15.8. The fraction of sp³-hybridized carbons (Fsp3) is 0.286. The Bertz CT molecular complexity index is 896. The summed E-state index contributed by atoms with van der Waals surface area (Å²) in [6.07, 6.45) is 1.26. The molecule has 6 nitrogen and oxygen atoms in total. The molecule has 0 radical (unpaired) electrons. The molecule has 1 aliphatic heterocycles. The molecule has 1 atom stereocenters. The van der Waals surface area contributed by atoms with E-state index in [1.807, 2.05) is 26.0 Å². The average Bonchev–Trinajstić information content (AvgIpc) is 2.94. The number of aryl methyl sites for hydroxylation is 1. The molecule has 0 aromatic heterocycles. The standard InChI is InChI=1S/C21H22ClN3O3/c1-3-14-5-11-17(12-6-14)23-18(26)13-25-19(27)21(4-2,24-20(25)28)15-7-9-16(22)10-8-15/h5-12H,3-4,13H2,1-2H3,(H,23,26)(H,24,28)/t21-/m1/s1. The minimum atomic E-state index is -1.19. The summed E-state index contributed by atoms with van der Waals surface area (Å²) in [5.41, 5.74) is 1.22. The number of halogens is 1. The van der Waals surface area contributed by atoms with Crippen LogP contribution in [0.4, 0.5) is 10.5 Å². The Morgan fingerprint density at radius 3 is 2.29 bits per heavy atom. The molecule has 146 valence electrons. The van der Waals surface area contributed by atoms with Gasteiger partial charge in [0.05, 0.1) is 0 Å². The van der Waals surface area contributed by atoms with E-state index in [2.05, 4.69) is 10.6 Å². The van der Waals surface area contributed by atoms with Gasteiger partial charge >= 0.3 is 6.03 Å². The van der Waals surface area contributed by atoms with Crippen molar-refractivity contribution in [2.45, 2.75) is 32.2 Å². The molecule has 2 aromatic carbocycles. The number of nitrogens with one attached hydrogen (secondary N) is 2. The van der Waals surface area contributed by atoms with Crippen molar-refractivity contribution in [3.05, 3.63) is 64.7 Å². The van der Waals surface area contributed by atoms with Crippen LogP contribution >= 0.6 is 11.6 Å². The summed E-state index contributed by atoms with van der Waals surface area (Å²) in [5, 5.41) is 6.01. The molecular weight excluding hydrogens is 378 g/mol. The third kappa shape index (κ3) is 3.73. The first kappa shape index (κ1) is 19.9. The number of nitrogens with zero attached hydrogens (tertiary/aromatic N) is 1. The zero-order chi connectivity index (χ0) is 20.3. The summed E-state index contributed by atoms with van der Waals surface area (Å²) in [6, 6.07) is 13.6. The summed E-state index contributed by atoms with van der Waals surface area (Å²) in [4.78, 5) is 38.9. The Kier molecular flexibility index (Phi) is 5.70. The molecule has 1 saturated heterocycles. The van der Waals surface area contributed by atoms with E-state index in [0.717, 1.165) is 16.9 Å². The minimum Gasteiger partial charge on any atom is -0.325 e. The number of rotatable bonds is 6. The molecule has 2 N–H and O–H groups in total. The van der Waals surface area contributed by atoms with Gasteiger partial charge in [0.25, 0.3) is 5.91 Å². The second-order valence-electron chi connectivity index (χ2n) is 6.69. The predicted octanol–water partition coefficient (Wildman–Crippen LogP) is 3.70.